The fourth-order valence-corrected chi connectivity index (χ4v) is 5.11. The summed E-state index contributed by atoms with van der Waals surface area (Å²) in [5.41, 5.74) is 2.01. The third-order valence-electron chi connectivity index (χ3n) is 5.70. The van der Waals surface area contributed by atoms with Crippen LogP contribution >= 0.6 is 0 Å². The van der Waals surface area contributed by atoms with Gasteiger partial charge in [-0.1, -0.05) is 0 Å². The molecule has 0 aromatic heterocycles. The van der Waals surface area contributed by atoms with Crippen LogP contribution in [0.15, 0.2) is 53.4 Å². The number of amides is 2. The SMILES string of the molecule is CC(Nc1ccc(NC(=O)C2CC2)cc1)C(=O)Nc1ccc(S(=O)(=O)N2CCCC2)cc1. The van der Waals surface area contributed by atoms with Crippen LogP contribution in [-0.4, -0.2) is 43.7 Å². The lowest BCUT2D eigenvalue weighted by Crippen LogP contribution is -2.32. The highest BCUT2D eigenvalue weighted by atomic mass is 32.2. The van der Waals surface area contributed by atoms with Crippen LogP contribution in [0.4, 0.5) is 17.1 Å². The van der Waals surface area contributed by atoms with Gasteiger partial charge in [-0.15, -0.1) is 0 Å². The normalized spacial score (nSPS) is 17.5. The monoisotopic (exact) mass is 456 g/mol. The number of hydrogen-bond acceptors (Lipinski definition) is 5. The van der Waals surface area contributed by atoms with Gasteiger partial charge in [0.2, 0.25) is 21.8 Å². The van der Waals surface area contributed by atoms with E-state index in [9.17, 15) is 18.0 Å². The van der Waals surface area contributed by atoms with Gasteiger partial charge in [0.25, 0.3) is 0 Å². The molecule has 3 N–H and O–H groups in total. The van der Waals surface area contributed by atoms with Crippen molar-refractivity contribution >= 4 is 38.9 Å². The summed E-state index contributed by atoms with van der Waals surface area (Å²) in [4.78, 5) is 24.6. The smallest absolute Gasteiger partial charge is 0.246 e. The van der Waals surface area contributed by atoms with Gasteiger partial charge < -0.3 is 16.0 Å². The Balaban J connectivity index is 1.30. The number of nitrogens with one attached hydrogen (secondary N) is 3. The highest BCUT2D eigenvalue weighted by Crippen LogP contribution is 2.30. The lowest BCUT2D eigenvalue weighted by molar-refractivity contribution is -0.117. The maximum atomic E-state index is 12.6. The van der Waals surface area contributed by atoms with Crippen molar-refractivity contribution in [3.63, 3.8) is 0 Å². The summed E-state index contributed by atoms with van der Waals surface area (Å²) < 4.78 is 26.7. The number of carbonyl (C=O) groups excluding carboxylic acids is 2. The van der Waals surface area contributed by atoms with Crippen LogP contribution in [0.1, 0.15) is 32.6 Å². The number of hydrogen-bond donors (Lipinski definition) is 3. The molecule has 1 atom stereocenters. The zero-order valence-corrected chi connectivity index (χ0v) is 18.8. The van der Waals surface area contributed by atoms with E-state index in [1.165, 1.54) is 16.4 Å². The highest BCUT2D eigenvalue weighted by molar-refractivity contribution is 7.89. The topological polar surface area (TPSA) is 108 Å². The third kappa shape index (κ3) is 5.28. The minimum absolute atomic E-state index is 0.0534. The van der Waals surface area contributed by atoms with Gasteiger partial charge in [-0.2, -0.15) is 4.31 Å². The number of rotatable bonds is 8. The molecule has 1 heterocycles. The third-order valence-corrected chi connectivity index (χ3v) is 7.61. The molecule has 2 aromatic carbocycles. The van der Waals surface area contributed by atoms with E-state index in [0.717, 1.165) is 37.1 Å². The Morgan fingerprint density at radius 2 is 1.41 bits per heavy atom. The van der Waals surface area contributed by atoms with Crippen LogP contribution in [-0.2, 0) is 19.6 Å². The van der Waals surface area contributed by atoms with Crippen LogP contribution in [0.3, 0.4) is 0 Å². The number of sulfonamides is 1. The second kappa shape index (κ2) is 9.30. The summed E-state index contributed by atoms with van der Waals surface area (Å²) in [7, 11) is -3.47. The molecular weight excluding hydrogens is 428 g/mol. The second-order valence-corrected chi connectivity index (χ2v) is 10.3. The van der Waals surface area contributed by atoms with Crippen molar-refractivity contribution < 1.29 is 18.0 Å². The van der Waals surface area contributed by atoms with Crippen LogP contribution < -0.4 is 16.0 Å². The molecule has 2 aromatic rings. The Morgan fingerprint density at radius 1 is 0.875 bits per heavy atom. The maximum Gasteiger partial charge on any atom is 0.246 e. The zero-order valence-electron chi connectivity index (χ0n) is 18.0. The molecule has 4 rings (SSSR count). The van der Waals surface area contributed by atoms with Crippen LogP contribution in [0.5, 0.6) is 0 Å². The molecule has 170 valence electrons. The number of benzene rings is 2. The molecule has 32 heavy (non-hydrogen) atoms. The standard InChI is InChI=1S/C23H28N4O4S/c1-16(24-18-6-8-19(9-7-18)26-23(29)17-4-5-17)22(28)25-20-10-12-21(13-11-20)32(30,31)27-14-2-3-15-27/h6-13,16-17,24H,2-5,14-15H2,1H3,(H,25,28)(H,26,29). The molecule has 1 aliphatic carbocycles. The van der Waals surface area contributed by atoms with E-state index in [2.05, 4.69) is 16.0 Å². The lowest BCUT2D eigenvalue weighted by atomic mass is 10.2. The summed E-state index contributed by atoms with van der Waals surface area (Å²) in [5.74, 6) is -0.0464. The first-order chi connectivity index (χ1) is 15.3. The van der Waals surface area contributed by atoms with Crippen molar-refractivity contribution in [3.8, 4) is 0 Å². The first-order valence-electron chi connectivity index (χ1n) is 10.9. The summed E-state index contributed by atoms with van der Waals surface area (Å²) >= 11 is 0. The number of carbonyl (C=O) groups is 2. The Labute approximate surface area is 188 Å². The molecule has 0 spiro atoms. The summed E-state index contributed by atoms with van der Waals surface area (Å²) in [5, 5.41) is 8.80. The first kappa shape index (κ1) is 22.3. The Bertz CT molecular complexity index is 1070. The molecule has 2 aliphatic rings. The Hall–Kier alpha value is -2.91. The minimum atomic E-state index is -3.47. The lowest BCUT2D eigenvalue weighted by Gasteiger charge is -2.17. The maximum absolute atomic E-state index is 12.6. The van der Waals surface area contributed by atoms with Crippen LogP contribution in [0.2, 0.25) is 0 Å². The molecule has 1 saturated carbocycles. The quantitative estimate of drug-likeness (QED) is 0.565. The molecule has 2 amide bonds. The molecule has 2 fully saturated rings. The molecule has 8 nitrogen and oxygen atoms in total. The molecule has 1 saturated heterocycles. The van der Waals surface area contributed by atoms with Gasteiger partial charge in [-0.3, -0.25) is 9.59 Å². The van der Waals surface area contributed by atoms with E-state index in [1.807, 2.05) is 12.1 Å². The van der Waals surface area contributed by atoms with Crippen molar-refractivity contribution in [2.24, 2.45) is 5.92 Å². The molecular formula is C23H28N4O4S. The number of anilines is 3. The number of nitrogens with zero attached hydrogens (tertiary/aromatic N) is 1. The first-order valence-corrected chi connectivity index (χ1v) is 12.4. The van der Waals surface area contributed by atoms with Crippen molar-refractivity contribution in [2.45, 2.75) is 43.5 Å². The molecule has 0 bridgehead atoms. The van der Waals surface area contributed by atoms with Crippen LogP contribution in [0.25, 0.3) is 0 Å². The predicted octanol–water partition coefficient (Wildman–Crippen LogP) is 3.26. The predicted molar refractivity (Wildman–Crippen MR) is 124 cm³/mol. The molecule has 9 heteroatoms. The summed E-state index contributed by atoms with van der Waals surface area (Å²) in [6.07, 6.45) is 3.68. The van der Waals surface area contributed by atoms with Crippen molar-refractivity contribution in [2.75, 3.05) is 29.0 Å². The average molecular weight is 457 g/mol. The van der Waals surface area contributed by atoms with Gasteiger partial charge in [0, 0.05) is 36.1 Å². The largest absolute Gasteiger partial charge is 0.374 e. The van der Waals surface area contributed by atoms with E-state index in [-0.39, 0.29) is 22.6 Å². The van der Waals surface area contributed by atoms with E-state index < -0.39 is 16.1 Å². The summed E-state index contributed by atoms with van der Waals surface area (Å²) in [6, 6.07) is 12.9. The van der Waals surface area contributed by atoms with Gasteiger partial charge in [0.05, 0.1) is 4.90 Å². The minimum Gasteiger partial charge on any atom is -0.374 e. The molecule has 0 radical (unpaired) electrons. The van der Waals surface area contributed by atoms with E-state index in [0.29, 0.717) is 18.8 Å². The second-order valence-electron chi connectivity index (χ2n) is 8.33. The van der Waals surface area contributed by atoms with E-state index in [4.69, 9.17) is 0 Å². The summed E-state index contributed by atoms with van der Waals surface area (Å²) in [6.45, 7) is 2.85. The average Bonchev–Trinajstić information content (AvgIpc) is 3.48. The fourth-order valence-electron chi connectivity index (χ4n) is 3.59. The van der Waals surface area contributed by atoms with Crippen molar-refractivity contribution in [1.29, 1.82) is 0 Å². The highest BCUT2D eigenvalue weighted by Gasteiger charge is 2.29. The fraction of sp³-hybridized carbons (Fsp3) is 0.391. The van der Waals surface area contributed by atoms with Crippen LogP contribution in [0, 0.1) is 5.92 Å². The Morgan fingerprint density at radius 3 is 2.00 bits per heavy atom. The zero-order chi connectivity index (χ0) is 22.7. The van der Waals surface area contributed by atoms with Gasteiger partial charge in [0.15, 0.2) is 0 Å². The van der Waals surface area contributed by atoms with Gasteiger partial charge >= 0.3 is 0 Å². The van der Waals surface area contributed by atoms with Crippen molar-refractivity contribution in [3.05, 3.63) is 48.5 Å². The van der Waals surface area contributed by atoms with Gasteiger partial charge in [-0.25, -0.2) is 8.42 Å². The molecule has 1 unspecified atom stereocenters. The van der Waals surface area contributed by atoms with Gasteiger partial charge in [-0.05, 0) is 81.1 Å². The van der Waals surface area contributed by atoms with Gasteiger partial charge in [0.1, 0.15) is 6.04 Å². The van der Waals surface area contributed by atoms with E-state index in [1.54, 1.807) is 31.2 Å². The Kier molecular flexibility index (Phi) is 6.48. The molecule has 1 aliphatic heterocycles. The van der Waals surface area contributed by atoms with E-state index >= 15 is 0 Å². The van der Waals surface area contributed by atoms with Crippen molar-refractivity contribution in [1.82, 2.24) is 4.31 Å².